The number of halogens is 4. The second-order valence-electron chi connectivity index (χ2n) is 6.62. The zero-order valence-corrected chi connectivity index (χ0v) is 19.6. The van der Waals surface area contributed by atoms with Crippen molar-refractivity contribution in [3.05, 3.63) is 107 Å². The minimum absolute atomic E-state index is 0. The van der Waals surface area contributed by atoms with Crippen molar-refractivity contribution in [3.8, 4) is 0 Å². The molecule has 1 aromatic heterocycles. The average molecular weight is 555 g/mol. The van der Waals surface area contributed by atoms with Gasteiger partial charge >= 0.3 is 6.18 Å². The summed E-state index contributed by atoms with van der Waals surface area (Å²) < 4.78 is 39.5. The lowest BCUT2D eigenvalue weighted by atomic mass is 10.4. The SMILES string of the molecule is FC(F)(F)c1nc(C[P+](c2ccccc2)(c2ccccc2)c2ccccc2)cs1.[I-]. The predicted molar refractivity (Wildman–Crippen MR) is 116 cm³/mol. The van der Waals surface area contributed by atoms with Crippen molar-refractivity contribution in [3.63, 3.8) is 0 Å². The average Bonchev–Trinajstić information content (AvgIpc) is 3.23. The molecular formula is C23H18F3INPS. The third kappa shape index (κ3) is 4.61. The van der Waals surface area contributed by atoms with Crippen LogP contribution < -0.4 is 39.9 Å². The van der Waals surface area contributed by atoms with Crippen LogP contribution in [-0.4, -0.2) is 4.98 Å². The number of hydrogen-bond donors (Lipinski definition) is 0. The van der Waals surface area contributed by atoms with Crippen molar-refractivity contribution in [2.45, 2.75) is 12.3 Å². The van der Waals surface area contributed by atoms with E-state index in [1.54, 1.807) is 5.38 Å². The summed E-state index contributed by atoms with van der Waals surface area (Å²) in [6.45, 7) is 0. The van der Waals surface area contributed by atoms with Crippen LogP contribution in [0.25, 0.3) is 0 Å². The largest absolute Gasteiger partial charge is 1.00 e. The molecule has 1 nitrogen and oxygen atoms in total. The van der Waals surface area contributed by atoms with Gasteiger partial charge in [0.2, 0.25) is 0 Å². The fourth-order valence-electron chi connectivity index (χ4n) is 3.52. The van der Waals surface area contributed by atoms with Gasteiger partial charge in [-0.1, -0.05) is 54.6 Å². The van der Waals surface area contributed by atoms with Crippen molar-refractivity contribution in [2.24, 2.45) is 0 Å². The smallest absolute Gasteiger partial charge is 0.443 e. The first-order valence-corrected chi connectivity index (χ1v) is 11.9. The fraction of sp³-hybridized carbons (Fsp3) is 0.0870. The first kappa shape index (κ1) is 22.9. The molecule has 0 saturated heterocycles. The van der Waals surface area contributed by atoms with E-state index in [4.69, 9.17) is 0 Å². The van der Waals surface area contributed by atoms with Gasteiger partial charge < -0.3 is 24.0 Å². The first-order chi connectivity index (χ1) is 14.0. The molecule has 0 bridgehead atoms. The molecule has 154 valence electrons. The van der Waals surface area contributed by atoms with E-state index < -0.39 is 18.4 Å². The molecule has 0 fully saturated rings. The molecule has 0 N–H and O–H groups in total. The lowest BCUT2D eigenvalue weighted by Gasteiger charge is -2.27. The molecule has 0 saturated carbocycles. The number of rotatable bonds is 5. The topological polar surface area (TPSA) is 12.9 Å². The van der Waals surface area contributed by atoms with Gasteiger partial charge in [0.15, 0.2) is 5.01 Å². The first-order valence-electron chi connectivity index (χ1n) is 9.07. The van der Waals surface area contributed by atoms with Crippen LogP contribution in [0.3, 0.4) is 0 Å². The lowest BCUT2D eigenvalue weighted by molar-refractivity contribution is -0.137. The normalized spacial score (nSPS) is 11.7. The van der Waals surface area contributed by atoms with Crippen LogP contribution in [0, 0.1) is 0 Å². The van der Waals surface area contributed by atoms with E-state index in [0.29, 0.717) is 23.2 Å². The monoisotopic (exact) mass is 555 g/mol. The highest BCUT2D eigenvalue weighted by molar-refractivity contribution is 7.95. The molecule has 0 aliphatic carbocycles. The Bertz CT molecular complexity index is 973. The third-order valence-electron chi connectivity index (χ3n) is 4.78. The number of thiazole rings is 1. The molecule has 0 aliphatic heterocycles. The number of nitrogens with zero attached hydrogens (tertiary/aromatic N) is 1. The van der Waals surface area contributed by atoms with Crippen LogP contribution in [0.15, 0.2) is 96.4 Å². The van der Waals surface area contributed by atoms with Crippen LogP contribution in [0.5, 0.6) is 0 Å². The van der Waals surface area contributed by atoms with Crippen molar-refractivity contribution < 1.29 is 37.1 Å². The van der Waals surface area contributed by atoms with Gasteiger partial charge in [0.05, 0.1) is 5.69 Å². The third-order valence-corrected chi connectivity index (χ3v) is 10.1. The summed E-state index contributed by atoms with van der Waals surface area (Å²) in [7, 11) is -2.24. The Morgan fingerprint density at radius 3 is 1.43 bits per heavy atom. The van der Waals surface area contributed by atoms with Crippen LogP contribution in [0.1, 0.15) is 10.7 Å². The minimum Gasteiger partial charge on any atom is -1.00 e. The van der Waals surface area contributed by atoms with Gasteiger partial charge in [-0.05, 0) is 36.4 Å². The molecule has 0 spiro atoms. The standard InChI is InChI=1S/C23H18F3NPS.HI/c24-23(25,26)22-27-18(17-29-22)16-28(19-10-4-1-5-11-19,20-12-6-2-7-13-20)21-14-8-3-9-15-21;/h1-15,17H,16H2;1H/q+1;/p-1. The minimum atomic E-state index is -4.42. The Hall–Kier alpha value is -1.76. The summed E-state index contributed by atoms with van der Waals surface area (Å²) in [6.07, 6.45) is -3.98. The maximum atomic E-state index is 13.2. The molecule has 0 amide bonds. The second-order valence-corrected chi connectivity index (χ2v) is 11.0. The summed E-state index contributed by atoms with van der Waals surface area (Å²) in [6, 6.07) is 30.2. The van der Waals surface area contributed by atoms with Crippen molar-refractivity contribution in [1.82, 2.24) is 4.98 Å². The van der Waals surface area contributed by atoms with Gasteiger partial charge in [-0.15, -0.1) is 11.3 Å². The van der Waals surface area contributed by atoms with E-state index in [0.717, 1.165) is 15.9 Å². The van der Waals surface area contributed by atoms with Crippen molar-refractivity contribution in [1.29, 1.82) is 0 Å². The van der Waals surface area contributed by atoms with Crippen LogP contribution in [-0.2, 0) is 12.3 Å². The zero-order chi connectivity index (χ0) is 20.3. The van der Waals surface area contributed by atoms with E-state index in [2.05, 4.69) is 41.4 Å². The molecule has 0 aliphatic rings. The Morgan fingerprint density at radius 2 is 1.10 bits per heavy atom. The number of aromatic nitrogens is 1. The Morgan fingerprint density at radius 1 is 0.700 bits per heavy atom. The Labute approximate surface area is 195 Å². The summed E-state index contributed by atoms with van der Waals surface area (Å²) in [4.78, 5) is 3.96. The number of hydrogen-bond acceptors (Lipinski definition) is 2. The van der Waals surface area contributed by atoms with Gasteiger partial charge in [0.25, 0.3) is 0 Å². The Kier molecular flexibility index (Phi) is 7.32. The molecule has 7 heteroatoms. The predicted octanol–water partition coefficient (Wildman–Crippen LogP) is 2.66. The molecule has 0 unspecified atom stereocenters. The lowest BCUT2D eigenvalue weighted by Crippen LogP contribution is -3.00. The number of benzene rings is 3. The van der Waals surface area contributed by atoms with Gasteiger partial charge in [-0.25, -0.2) is 4.98 Å². The van der Waals surface area contributed by atoms with E-state index in [1.807, 2.05) is 54.6 Å². The maximum Gasteiger partial charge on any atom is 0.443 e. The number of alkyl halides is 3. The molecular weight excluding hydrogens is 537 g/mol. The molecule has 4 aromatic rings. The zero-order valence-electron chi connectivity index (χ0n) is 15.8. The molecule has 3 aromatic carbocycles. The van der Waals surface area contributed by atoms with Gasteiger partial charge in [0, 0.05) is 5.38 Å². The maximum absolute atomic E-state index is 13.2. The van der Waals surface area contributed by atoms with Gasteiger partial charge in [0.1, 0.15) is 29.3 Å². The van der Waals surface area contributed by atoms with E-state index >= 15 is 0 Å². The second kappa shape index (κ2) is 9.58. The van der Waals surface area contributed by atoms with Crippen LogP contribution in [0.4, 0.5) is 13.2 Å². The van der Waals surface area contributed by atoms with Gasteiger partial charge in [-0.2, -0.15) is 13.2 Å². The van der Waals surface area contributed by atoms with E-state index in [1.165, 1.54) is 0 Å². The molecule has 30 heavy (non-hydrogen) atoms. The molecule has 0 radical (unpaired) electrons. The van der Waals surface area contributed by atoms with Crippen molar-refractivity contribution in [2.75, 3.05) is 0 Å². The highest BCUT2D eigenvalue weighted by Gasteiger charge is 2.46. The van der Waals surface area contributed by atoms with Crippen LogP contribution >= 0.6 is 18.6 Å². The Balaban J connectivity index is 0.00000256. The highest BCUT2D eigenvalue weighted by Crippen LogP contribution is 2.58. The van der Waals surface area contributed by atoms with Crippen molar-refractivity contribution >= 4 is 34.5 Å². The summed E-state index contributed by atoms with van der Waals surface area (Å²) in [5.41, 5.74) is 0.479. The molecule has 1 heterocycles. The van der Waals surface area contributed by atoms with E-state index in [9.17, 15) is 13.2 Å². The van der Waals surface area contributed by atoms with Gasteiger partial charge in [-0.3, -0.25) is 0 Å². The summed E-state index contributed by atoms with van der Waals surface area (Å²) in [5.74, 6) is 0. The molecule has 0 atom stereocenters. The summed E-state index contributed by atoms with van der Waals surface area (Å²) >= 11 is 0.664. The molecule has 4 rings (SSSR count). The summed E-state index contributed by atoms with van der Waals surface area (Å²) in [5, 5.41) is 4.13. The van der Waals surface area contributed by atoms with Crippen LogP contribution in [0.2, 0.25) is 0 Å². The van der Waals surface area contributed by atoms with E-state index in [-0.39, 0.29) is 24.0 Å². The quantitative estimate of drug-likeness (QED) is 0.273. The fourth-order valence-corrected chi connectivity index (χ4v) is 8.47. The highest BCUT2D eigenvalue weighted by atomic mass is 127.